The molecule has 4 N–H and O–H groups in total. The summed E-state index contributed by atoms with van der Waals surface area (Å²) in [6.07, 6.45) is -4.33. The average molecular weight is 460 g/mol. The van der Waals surface area contributed by atoms with Gasteiger partial charge in [-0.25, -0.2) is 4.98 Å². The maximum Gasteiger partial charge on any atom is 0.411 e. The number of halogens is 3. The smallest absolute Gasteiger partial charge is 0.372 e. The highest BCUT2D eigenvalue weighted by Gasteiger charge is 2.36. The molecule has 1 aliphatic heterocycles. The molecule has 12 heteroatoms. The summed E-state index contributed by atoms with van der Waals surface area (Å²) >= 11 is 0. The molecule has 0 aliphatic carbocycles. The van der Waals surface area contributed by atoms with E-state index in [4.69, 9.17) is 15.0 Å². The summed E-state index contributed by atoms with van der Waals surface area (Å²) in [4.78, 5) is 9.34. The highest BCUT2D eigenvalue weighted by Crippen LogP contribution is 2.40. The number of anilines is 4. The summed E-state index contributed by atoms with van der Waals surface area (Å²) in [5.41, 5.74) is 5.80. The summed E-state index contributed by atoms with van der Waals surface area (Å²) in [7, 11) is 0. The van der Waals surface area contributed by atoms with E-state index in [0.717, 1.165) is 0 Å². The van der Waals surface area contributed by atoms with Gasteiger partial charge in [-0.15, -0.1) is 0 Å². The number of nitrogens with two attached hydrogens (primary N) is 1. The zero-order valence-electron chi connectivity index (χ0n) is 17.5. The zero-order chi connectivity index (χ0) is 23.8. The van der Waals surface area contributed by atoms with Crippen LogP contribution in [0.3, 0.4) is 0 Å². The molecule has 0 bridgehead atoms. The number of nitrogen functional groups attached to an aromatic ring is 1. The molecule has 0 saturated heterocycles. The number of benzene rings is 1. The minimum atomic E-state index is -4.52. The molecule has 4 rings (SSSR count). The van der Waals surface area contributed by atoms with Gasteiger partial charge in [0.1, 0.15) is 23.9 Å². The molecule has 9 nitrogen and oxygen atoms in total. The fourth-order valence-electron chi connectivity index (χ4n) is 3.14. The monoisotopic (exact) mass is 460 g/mol. The number of rotatable bonds is 4. The molecule has 33 heavy (non-hydrogen) atoms. The van der Waals surface area contributed by atoms with Gasteiger partial charge in [0, 0.05) is 17.8 Å². The third-order valence-corrected chi connectivity index (χ3v) is 4.66. The molecular formula is C21H19F3N6O3. The SMILES string of the molecule is Cc1cc(C(C)(O)C#Cc2ccc3c(c2)N(c2ccnc(N)n2)C(OCC(F)(F)F)N3)no1. The first-order valence-corrected chi connectivity index (χ1v) is 9.68. The largest absolute Gasteiger partial charge is 0.411 e. The Bertz CT molecular complexity index is 1230. The number of hydrogen-bond donors (Lipinski definition) is 3. The fraction of sp³-hybridized carbons (Fsp3) is 0.286. The predicted octanol–water partition coefficient (Wildman–Crippen LogP) is 3.04. The molecule has 3 heterocycles. The normalized spacial score (nSPS) is 17.0. The van der Waals surface area contributed by atoms with Crippen LogP contribution in [-0.2, 0) is 10.3 Å². The quantitative estimate of drug-likeness (QED) is 0.504. The summed E-state index contributed by atoms with van der Waals surface area (Å²) in [6.45, 7) is 1.70. The van der Waals surface area contributed by atoms with E-state index in [2.05, 4.69) is 32.3 Å². The maximum atomic E-state index is 12.8. The van der Waals surface area contributed by atoms with E-state index in [9.17, 15) is 18.3 Å². The molecule has 1 aliphatic rings. The van der Waals surface area contributed by atoms with Crippen LogP contribution in [0.15, 0.2) is 41.1 Å². The number of hydrogen-bond acceptors (Lipinski definition) is 9. The first kappa shape index (κ1) is 22.4. The van der Waals surface area contributed by atoms with Gasteiger partial charge in [0.2, 0.25) is 12.3 Å². The van der Waals surface area contributed by atoms with Crippen LogP contribution in [0, 0.1) is 18.8 Å². The van der Waals surface area contributed by atoms with Crippen LogP contribution in [0.5, 0.6) is 0 Å². The van der Waals surface area contributed by atoms with Crippen LogP contribution in [0.4, 0.5) is 36.3 Å². The van der Waals surface area contributed by atoms with Crippen LogP contribution in [-0.4, -0.2) is 39.4 Å². The van der Waals surface area contributed by atoms with E-state index < -0.39 is 24.7 Å². The van der Waals surface area contributed by atoms with Crippen molar-refractivity contribution >= 4 is 23.1 Å². The minimum absolute atomic E-state index is 0.0505. The van der Waals surface area contributed by atoms with Crippen molar-refractivity contribution in [2.24, 2.45) is 0 Å². The lowest BCUT2D eigenvalue weighted by Gasteiger charge is -2.26. The van der Waals surface area contributed by atoms with E-state index >= 15 is 0 Å². The number of aryl methyl sites for hydroxylation is 1. The van der Waals surface area contributed by atoms with Crippen LogP contribution in [0.2, 0.25) is 0 Å². The molecular weight excluding hydrogens is 441 g/mol. The first-order valence-electron chi connectivity index (χ1n) is 9.68. The van der Waals surface area contributed by atoms with Crippen molar-refractivity contribution in [2.75, 3.05) is 22.6 Å². The maximum absolute atomic E-state index is 12.8. The number of ether oxygens (including phenoxy) is 1. The topological polar surface area (TPSA) is 123 Å². The third-order valence-electron chi connectivity index (χ3n) is 4.66. The van der Waals surface area contributed by atoms with Crippen molar-refractivity contribution in [1.29, 1.82) is 0 Å². The van der Waals surface area contributed by atoms with E-state index in [1.807, 2.05) is 0 Å². The van der Waals surface area contributed by atoms with Gasteiger partial charge in [0.25, 0.3) is 0 Å². The van der Waals surface area contributed by atoms with Gasteiger partial charge in [-0.2, -0.15) is 18.2 Å². The van der Waals surface area contributed by atoms with Gasteiger partial charge >= 0.3 is 6.18 Å². The Kier molecular flexibility index (Phi) is 5.61. The molecule has 0 spiro atoms. The summed E-state index contributed by atoms with van der Waals surface area (Å²) in [6, 6.07) is 8.00. The Morgan fingerprint density at radius 2 is 2.09 bits per heavy atom. The lowest BCUT2D eigenvalue weighted by Crippen LogP contribution is -2.38. The minimum Gasteiger partial charge on any atom is -0.372 e. The Morgan fingerprint density at radius 3 is 2.76 bits per heavy atom. The number of nitrogens with one attached hydrogen (secondary N) is 1. The number of nitrogens with zero attached hydrogens (tertiary/aromatic N) is 4. The van der Waals surface area contributed by atoms with Crippen molar-refractivity contribution in [3.8, 4) is 11.8 Å². The number of fused-ring (bicyclic) bond motifs is 1. The fourth-order valence-corrected chi connectivity index (χ4v) is 3.14. The zero-order valence-corrected chi connectivity index (χ0v) is 17.5. The average Bonchev–Trinajstić information content (AvgIpc) is 3.34. The van der Waals surface area contributed by atoms with Crippen LogP contribution >= 0.6 is 0 Å². The molecule has 2 atom stereocenters. The van der Waals surface area contributed by atoms with Crippen molar-refractivity contribution in [1.82, 2.24) is 15.1 Å². The predicted molar refractivity (Wildman–Crippen MR) is 112 cm³/mol. The highest BCUT2D eigenvalue weighted by molar-refractivity contribution is 5.82. The summed E-state index contributed by atoms with van der Waals surface area (Å²) in [5.74, 6) is 6.31. The molecule has 3 aromatic rings. The molecule has 0 saturated carbocycles. The van der Waals surface area contributed by atoms with Gasteiger partial charge in [0.15, 0.2) is 5.60 Å². The lowest BCUT2D eigenvalue weighted by atomic mass is 10.0. The van der Waals surface area contributed by atoms with Gasteiger partial charge in [-0.1, -0.05) is 17.0 Å². The lowest BCUT2D eigenvalue weighted by molar-refractivity contribution is -0.181. The van der Waals surface area contributed by atoms with Crippen LogP contribution in [0.25, 0.3) is 0 Å². The van der Waals surface area contributed by atoms with Gasteiger partial charge in [0.05, 0.1) is 11.4 Å². The van der Waals surface area contributed by atoms with Gasteiger partial charge in [-0.3, -0.25) is 4.90 Å². The van der Waals surface area contributed by atoms with E-state index in [0.29, 0.717) is 22.7 Å². The molecule has 0 radical (unpaired) electrons. The second-order valence-electron chi connectivity index (χ2n) is 7.44. The molecule has 0 amide bonds. The van der Waals surface area contributed by atoms with E-state index in [1.165, 1.54) is 24.1 Å². The molecule has 172 valence electrons. The van der Waals surface area contributed by atoms with Crippen molar-refractivity contribution < 1.29 is 27.5 Å². The number of alkyl halides is 3. The summed E-state index contributed by atoms with van der Waals surface area (Å²) in [5, 5.41) is 17.3. The second kappa shape index (κ2) is 8.27. The standard InChI is InChI=1S/C21H19F3N6O3/c1-12-9-16(29-33-12)20(2,31)7-5-13-3-4-14-15(10-13)30(17-6-8-26-18(25)28-17)19(27-14)32-11-21(22,23)24/h3-4,6,8-10,19,27,31H,11H2,1-2H3,(H2,25,26,28). The van der Waals surface area contributed by atoms with E-state index in [-0.39, 0.29) is 17.5 Å². The Labute approximate surface area is 186 Å². The number of aliphatic hydroxyl groups is 1. The van der Waals surface area contributed by atoms with Gasteiger partial charge < -0.3 is 25.4 Å². The van der Waals surface area contributed by atoms with Gasteiger partial charge in [-0.05, 0) is 38.1 Å². The first-order chi connectivity index (χ1) is 15.5. The molecule has 0 fully saturated rings. The van der Waals surface area contributed by atoms with Crippen molar-refractivity contribution in [3.63, 3.8) is 0 Å². The Morgan fingerprint density at radius 1 is 1.30 bits per heavy atom. The van der Waals surface area contributed by atoms with Crippen molar-refractivity contribution in [2.45, 2.75) is 32.0 Å². The Balaban J connectivity index is 1.68. The molecule has 1 aromatic carbocycles. The molecule has 2 aromatic heterocycles. The highest BCUT2D eigenvalue weighted by atomic mass is 19.4. The second-order valence-corrected chi connectivity index (χ2v) is 7.44. The van der Waals surface area contributed by atoms with Crippen LogP contribution in [0.1, 0.15) is 23.9 Å². The van der Waals surface area contributed by atoms with Crippen molar-refractivity contribution in [3.05, 3.63) is 53.5 Å². The third kappa shape index (κ3) is 5.00. The molecule has 2 unspecified atom stereocenters. The number of aromatic nitrogens is 3. The Hall–Kier alpha value is -3.82. The van der Waals surface area contributed by atoms with Crippen LogP contribution < -0.4 is 16.0 Å². The van der Waals surface area contributed by atoms with E-state index in [1.54, 1.807) is 31.2 Å². The summed E-state index contributed by atoms with van der Waals surface area (Å²) < 4.78 is 48.4.